The number of nitrogens with zero attached hydrogens (tertiary/aromatic N) is 6. The Morgan fingerprint density at radius 1 is 1.24 bits per heavy atom. The molecule has 1 fully saturated rings. The molecule has 0 aromatic carbocycles. The molecule has 4 heterocycles. The molecule has 1 N–H and O–H groups in total. The van der Waals surface area contributed by atoms with Crippen molar-refractivity contribution < 1.29 is 14.6 Å². The number of hydrogen-bond donors (Lipinski definition) is 1. The molecule has 1 atom stereocenters. The number of rotatable bonds is 3. The lowest BCUT2D eigenvalue weighted by molar-refractivity contribution is -0.00513. The van der Waals surface area contributed by atoms with Crippen LogP contribution in [0.2, 0.25) is 5.15 Å². The highest BCUT2D eigenvalue weighted by Gasteiger charge is 2.35. The fraction of sp³-hybridized carbons (Fsp3) is 0.368. The summed E-state index contributed by atoms with van der Waals surface area (Å²) in [6, 6.07) is 7.41. The van der Waals surface area contributed by atoms with Gasteiger partial charge in [-0.05, 0) is 19.1 Å². The second-order valence-corrected chi connectivity index (χ2v) is 7.64. The van der Waals surface area contributed by atoms with E-state index in [1.807, 2.05) is 30.0 Å². The quantitative estimate of drug-likeness (QED) is 0.655. The molecule has 0 aliphatic carbocycles. The topological polar surface area (TPSA) is 96.6 Å². The zero-order valence-electron chi connectivity index (χ0n) is 16.1. The fourth-order valence-corrected chi connectivity index (χ4v) is 3.68. The van der Waals surface area contributed by atoms with E-state index in [1.54, 1.807) is 30.3 Å². The molecule has 1 unspecified atom stereocenters. The molecule has 1 aliphatic rings. The summed E-state index contributed by atoms with van der Waals surface area (Å²) in [6.07, 6.45) is 2.43. The van der Waals surface area contributed by atoms with Gasteiger partial charge in [0.05, 0.1) is 18.3 Å². The maximum absolute atomic E-state index is 11.5. The van der Waals surface area contributed by atoms with Crippen LogP contribution in [0.4, 0.5) is 10.6 Å². The van der Waals surface area contributed by atoms with Crippen LogP contribution in [0.5, 0.6) is 0 Å². The first-order valence-electron chi connectivity index (χ1n) is 9.13. The van der Waals surface area contributed by atoms with Gasteiger partial charge >= 0.3 is 6.09 Å². The highest BCUT2D eigenvalue weighted by atomic mass is 35.5. The summed E-state index contributed by atoms with van der Waals surface area (Å²) >= 11 is 6.05. The first kappa shape index (κ1) is 19.4. The maximum atomic E-state index is 11.5. The number of fused-ring (bicyclic) bond motifs is 1. The lowest BCUT2D eigenvalue weighted by Gasteiger charge is -2.33. The number of halogens is 1. The van der Waals surface area contributed by atoms with Gasteiger partial charge in [0, 0.05) is 44.4 Å². The van der Waals surface area contributed by atoms with Gasteiger partial charge in [0.25, 0.3) is 0 Å². The summed E-state index contributed by atoms with van der Waals surface area (Å²) in [7, 11) is 1.60. The van der Waals surface area contributed by atoms with Gasteiger partial charge in [0.15, 0.2) is 5.82 Å². The minimum absolute atomic E-state index is 0.296. The monoisotopic (exact) mass is 416 g/mol. The smallest absolute Gasteiger partial charge is 0.407 e. The van der Waals surface area contributed by atoms with Crippen LogP contribution < -0.4 is 4.90 Å². The number of carbonyl (C=O) groups is 1. The molecule has 1 saturated heterocycles. The summed E-state index contributed by atoms with van der Waals surface area (Å²) in [5.74, 6) is 1.36. The van der Waals surface area contributed by atoms with Crippen LogP contribution in [-0.4, -0.2) is 74.7 Å². The van der Waals surface area contributed by atoms with Crippen LogP contribution in [0.3, 0.4) is 0 Å². The van der Waals surface area contributed by atoms with E-state index in [0.717, 1.165) is 16.7 Å². The molecule has 1 aliphatic heterocycles. The van der Waals surface area contributed by atoms with Crippen molar-refractivity contribution in [3.05, 3.63) is 41.8 Å². The van der Waals surface area contributed by atoms with Crippen molar-refractivity contribution >= 4 is 34.4 Å². The van der Waals surface area contributed by atoms with Crippen molar-refractivity contribution in [1.29, 1.82) is 0 Å². The summed E-state index contributed by atoms with van der Waals surface area (Å²) in [5, 5.41) is 15.1. The van der Waals surface area contributed by atoms with Crippen LogP contribution >= 0.6 is 11.6 Å². The van der Waals surface area contributed by atoms with Crippen molar-refractivity contribution in [3.8, 4) is 5.82 Å². The molecule has 0 bridgehead atoms. The van der Waals surface area contributed by atoms with Gasteiger partial charge in [-0.1, -0.05) is 17.7 Å². The minimum atomic E-state index is -0.953. The lowest BCUT2D eigenvalue weighted by Crippen LogP contribution is -2.47. The van der Waals surface area contributed by atoms with Crippen molar-refractivity contribution in [3.63, 3.8) is 0 Å². The molecule has 0 saturated carbocycles. The van der Waals surface area contributed by atoms with Gasteiger partial charge in [-0.25, -0.2) is 19.4 Å². The molecular weight excluding hydrogens is 396 g/mol. The number of aromatic nitrogens is 4. The first-order valence-corrected chi connectivity index (χ1v) is 9.51. The summed E-state index contributed by atoms with van der Waals surface area (Å²) < 4.78 is 7.36. The normalized spacial score (nSPS) is 20.1. The number of ether oxygens (including phenoxy) is 1. The van der Waals surface area contributed by atoms with E-state index in [-0.39, 0.29) is 0 Å². The Labute approximate surface area is 172 Å². The lowest BCUT2D eigenvalue weighted by atomic mass is 10.1. The molecule has 152 valence electrons. The molecule has 0 spiro atoms. The van der Waals surface area contributed by atoms with Crippen LogP contribution in [0.1, 0.15) is 6.92 Å². The third-order valence-corrected chi connectivity index (χ3v) is 5.34. The van der Waals surface area contributed by atoms with E-state index in [2.05, 4.69) is 10.1 Å². The number of anilines is 1. The summed E-state index contributed by atoms with van der Waals surface area (Å²) in [4.78, 5) is 23.8. The molecule has 0 radical (unpaired) electrons. The number of methoxy groups -OCH3 is 1. The Hall–Kier alpha value is -2.91. The molecule has 29 heavy (non-hydrogen) atoms. The van der Waals surface area contributed by atoms with Gasteiger partial charge in [-0.3, -0.25) is 0 Å². The maximum Gasteiger partial charge on any atom is 0.407 e. The van der Waals surface area contributed by atoms with E-state index in [0.29, 0.717) is 37.1 Å². The zero-order chi connectivity index (χ0) is 20.6. The number of carboxylic acid groups (broad SMARTS) is 1. The van der Waals surface area contributed by atoms with E-state index < -0.39 is 11.7 Å². The zero-order valence-corrected chi connectivity index (χ0v) is 16.9. The molecule has 3 aromatic heterocycles. The second kappa shape index (κ2) is 7.49. The number of pyridine rings is 2. The standard InChI is InChI=1S/C19H21ClN6O3/c1-19(29-2)11-24(6-7-25(12-19)18(27)28)16-4-3-5-17(23-16)26-14-8-15(20)21-9-13(14)10-22-26/h3-5,8-10H,6-7,11-12H2,1-2H3,(H,27,28). The van der Waals surface area contributed by atoms with E-state index in [9.17, 15) is 9.90 Å². The first-order chi connectivity index (χ1) is 13.9. The fourth-order valence-electron chi connectivity index (χ4n) is 3.53. The average Bonchev–Trinajstić information content (AvgIpc) is 3.03. The Morgan fingerprint density at radius 3 is 2.79 bits per heavy atom. The van der Waals surface area contributed by atoms with Crippen molar-refractivity contribution in [2.24, 2.45) is 0 Å². The van der Waals surface area contributed by atoms with Crippen LogP contribution in [-0.2, 0) is 4.74 Å². The van der Waals surface area contributed by atoms with E-state index in [4.69, 9.17) is 21.3 Å². The van der Waals surface area contributed by atoms with E-state index >= 15 is 0 Å². The number of hydrogen-bond acceptors (Lipinski definition) is 6. The molecular formula is C19H21ClN6O3. The molecule has 9 nitrogen and oxygen atoms in total. The van der Waals surface area contributed by atoms with Gasteiger partial charge in [0.2, 0.25) is 0 Å². The summed E-state index contributed by atoms with van der Waals surface area (Å²) in [6.45, 7) is 3.59. The minimum Gasteiger partial charge on any atom is -0.465 e. The van der Waals surface area contributed by atoms with E-state index in [1.165, 1.54) is 4.90 Å². The van der Waals surface area contributed by atoms with Gasteiger partial charge in [0.1, 0.15) is 16.6 Å². The largest absolute Gasteiger partial charge is 0.465 e. The Morgan fingerprint density at radius 2 is 2.03 bits per heavy atom. The third-order valence-electron chi connectivity index (χ3n) is 5.13. The molecule has 1 amide bonds. The van der Waals surface area contributed by atoms with Gasteiger partial charge in [-0.15, -0.1) is 0 Å². The van der Waals surface area contributed by atoms with Crippen LogP contribution in [0.25, 0.3) is 16.7 Å². The predicted octanol–water partition coefficient (Wildman–Crippen LogP) is 2.67. The molecule has 10 heteroatoms. The van der Waals surface area contributed by atoms with Crippen molar-refractivity contribution in [1.82, 2.24) is 24.6 Å². The van der Waals surface area contributed by atoms with Crippen LogP contribution in [0, 0.1) is 0 Å². The van der Waals surface area contributed by atoms with Crippen molar-refractivity contribution in [2.45, 2.75) is 12.5 Å². The average molecular weight is 417 g/mol. The van der Waals surface area contributed by atoms with Crippen LogP contribution in [0.15, 0.2) is 36.7 Å². The third kappa shape index (κ3) is 3.83. The molecule has 3 aromatic rings. The Kier molecular flexibility index (Phi) is 5.01. The number of amides is 1. The highest BCUT2D eigenvalue weighted by molar-refractivity contribution is 6.30. The second-order valence-electron chi connectivity index (χ2n) is 7.26. The van der Waals surface area contributed by atoms with Gasteiger partial charge < -0.3 is 19.6 Å². The Bertz CT molecular complexity index is 1060. The SMILES string of the molecule is COC1(C)CN(C(=O)O)CCN(c2cccc(-n3ncc4cnc(Cl)cc43)n2)C1. The van der Waals surface area contributed by atoms with Crippen molar-refractivity contribution in [2.75, 3.05) is 38.2 Å². The predicted molar refractivity (Wildman–Crippen MR) is 109 cm³/mol. The molecule has 4 rings (SSSR count). The Balaban J connectivity index is 1.69. The summed E-state index contributed by atoms with van der Waals surface area (Å²) in [5.41, 5.74) is 0.161. The highest BCUT2D eigenvalue weighted by Crippen LogP contribution is 2.24. The van der Waals surface area contributed by atoms with Gasteiger partial charge in [-0.2, -0.15) is 5.10 Å².